The molecule has 110 valence electrons. The zero-order valence-electron chi connectivity index (χ0n) is 12.3. The number of rotatable bonds is 6. The van der Waals surface area contributed by atoms with Crippen LogP contribution in [-0.2, 0) is 11.2 Å². The Morgan fingerprint density at radius 1 is 1.30 bits per heavy atom. The number of benzene rings is 1. The number of ether oxygens (including phenoxy) is 1. The number of hydrogen-bond acceptors (Lipinski definition) is 3. The van der Waals surface area contributed by atoms with Crippen LogP contribution in [0.25, 0.3) is 0 Å². The lowest BCUT2D eigenvalue weighted by Gasteiger charge is -2.36. The standard InChI is InChI=1S/C17H25NO2/c1-20-10-9-18-15-7-8-16(18)17(12-15,13-19)11-14-5-3-2-4-6-14/h2-6,15-16,19H,7-13H2,1H3/t15-,16+,17-/m1/s1. The van der Waals surface area contributed by atoms with Crippen molar-refractivity contribution in [2.24, 2.45) is 5.41 Å². The molecule has 2 aliphatic heterocycles. The average molecular weight is 275 g/mol. The summed E-state index contributed by atoms with van der Waals surface area (Å²) < 4.78 is 5.24. The quantitative estimate of drug-likeness (QED) is 0.863. The van der Waals surface area contributed by atoms with Gasteiger partial charge in [0, 0.05) is 31.2 Å². The fourth-order valence-corrected chi connectivity index (χ4v) is 4.37. The maximum atomic E-state index is 10.1. The molecule has 0 aromatic heterocycles. The van der Waals surface area contributed by atoms with E-state index < -0.39 is 0 Å². The van der Waals surface area contributed by atoms with Gasteiger partial charge in [0.1, 0.15) is 0 Å². The fourth-order valence-electron chi connectivity index (χ4n) is 4.37. The number of nitrogens with zero attached hydrogens (tertiary/aromatic N) is 1. The Labute approximate surface area is 121 Å². The highest BCUT2D eigenvalue weighted by Crippen LogP contribution is 2.51. The molecule has 0 unspecified atom stereocenters. The lowest BCUT2D eigenvalue weighted by Crippen LogP contribution is -2.42. The van der Waals surface area contributed by atoms with Crippen molar-refractivity contribution >= 4 is 0 Å². The predicted octanol–water partition coefficient (Wildman–Crippen LogP) is 2.09. The maximum Gasteiger partial charge on any atom is 0.0589 e. The highest BCUT2D eigenvalue weighted by molar-refractivity contribution is 5.20. The Kier molecular flexibility index (Phi) is 4.11. The molecule has 1 aromatic rings. The molecule has 2 heterocycles. The molecule has 3 atom stereocenters. The van der Waals surface area contributed by atoms with Crippen LogP contribution in [0.4, 0.5) is 0 Å². The summed E-state index contributed by atoms with van der Waals surface area (Å²) in [5, 5.41) is 10.1. The van der Waals surface area contributed by atoms with Crippen LogP contribution in [0.3, 0.4) is 0 Å². The van der Waals surface area contributed by atoms with Crippen molar-refractivity contribution in [1.82, 2.24) is 4.90 Å². The van der Waals surface area contributed by atoms with E-state index in [1.807, 2.05) is 0 Å². The van der Waals surface area contributed by atoms with Crippen molar-refractivity contribution in [3.8, 4) is 0 Å². The molecule has 2 bridgehead atoms. The van der Waals surface area contributed by atoms with E-state index in [4.69, 9.17) is 4.74 Å². The smallest absolute Gasteiger partial charge is 0.0589 e. The summed E-state index contributed by atoms with van der Waals surface area (Å²) in [5.74, 6) is 0. The third-order valence-corrected chi connectivity index (χ3v) is 5.26. The van der Waals surface area contributed by atoms with Crippen LogP contribution in [0.2, 0.25) is 0 Å². The summed E-state index contributed by atoms with van der Waals surface area (Å²) in [7, 11) is 1.77. The van der Waals surface area contributed by atoms with Gasteiger partial charge in [0.05, 0.1) is 13.2 Å². The lowest BCUT2D eigenvalue weighted by atomic mass is 9.70. The van der Waals surface area contributed by atoms with Gasteiger partial charge >= 0.3 is 0 Å². The zero-order valence-corrected chi connectivity index (χ0v) is 12.3. The van der Waals surface area contributed by atoms with Crippen molar-refractivity contribution in [3.05, 3.63) is 35.9 Å². The zero-order chi connectivity index (χ0) is 14.0. The third kappa shape index (κ3) is 2.39. The Morgan fingerprint density at radius 2 is 2.10 bits per heavy atom. The van der Waals surface area contributed by atoms with E-state index in [1.54, 1.807) is 7.11 Å². The second kappa shape index (κ2) is 5.84. The number of hydrogen-bond donors (Lipinski definition) is 1. The molecule has 0 amide bonds. The Bertz CT molecular complexity index is 436. The summed E-state index contributed by atoms with van der Waals surface area (Å²) in [6, 6.07) is 11.8. The van der Waals surface area contributed by atoms with Crippen LogP contribution in [0.5, 0.6) is 0 Å². The average Bonchev–Trinajstić information content (AvgIpc) is 3.01. The number of methoxy groups -OCH3 is 1. The molecule has 0 aliphatic carbocycles. The van der Waals surface area contributed by atoms with Crippen LogP contribution < -0.4 is 0 Å². The Balaban J connectivity index is 1.77. The van der Waals surface area contributed by atoms with Crippen LogP contribution >= 0.6 is 0 Å². The Morgan fingerprint density at radius 3 is 2.80 bits per heavy atom. The van der Waals surface area contributed by atoms with Crippen LogP contribution in [0, 0.1) is 5.41 Å². The molecular weight excluding hydrogens is 250 g/mol. The topological polar surface area (TPSA) is 32.7 Å². The molecule has 0 spiro atoms. The van der Waals surface area contributed by atoms with Gasteiger partial charge < -0.3 is 9.84 Å². The SMILES string of the molecule is COCCN1[C@@H]2CC[C@H]1[C@](CO)(Cc1ccccc1)C2. The first-order valence-electron chi connectivity index (χ1n) is 7.68. The second-order valence-corrected chi connectivity index (χ2v) is 6.36. The Hall–Kier alpha value is -0.900. The highest BCUT2D eigenvalue weighted by atomic mass is 16.5. The van der Waals surface area contributed by atoms with Gasteiger partial charge in [-0.2, -0.15) is 0 Å². The largest absolute Gasteiger partial charge is 0.396 e. The molecule has 2 fully saturated rings. The van der Waals surface area contributed by atoms with Crippen LogP contribution in [0.1, 0.15) is 24.8 Å². The van der Waals surface area contributed by atoms with Gasteiger partial charge in [0.2, 0.25) is 0 Å². The van der Waals surface area contributed by atoms with Crippen molar-refractivity contribution < 1.29 is 9.84 Å². The van der Waals surface area contributed by atoms with Crippen molar-refractivity contribution in [2.45, 2.75) is 37.8 Å². The number of aliphatic hydroxyl groups is 1. The van der Waals surface area contributed by atoms with E-state index in [-0.39, 0.29) is 5.41 Å². The molecule has 20 heavy (non-hydrogen) atoms. The van der Waals surface area contributed by atoms with E-state index in [0.717, 1.165) is 26.0 Å². The van der Waals surface area contributed by atoms with Crippen molar-refractivity contribution in [3.63, 3.8) is 0 Å². The van der Waals surface area contributed by atoms with Crippen LogP contribution in [0.15, 0.2) is 30.3 Å². The molecule has 1 N–H and O–H groups in total. The van der Waals surface area contributed by atoms with Gasteiger partial charge in [-0.25, -0.2) is 0 Å². The van der Waals surface area contributed by atoms with Crippen LogP contribution in [-0.4, -0.2) is 49.0 Å². The second-order valence-electron chi connectivity index (χ2n) is 6.36. The predicted molar refractivity (Wildman–Crippen MR) is 79.7 cm³/mol. The van der Waals surface area contributed by atoms with E-state index in [0.29, 0.717) is 18.7 Å². The van der Waals surface area contributed by atoms with Crippen molar-refractivity contribution in [2.75, 3.05) is 26.9 Å². The van der Waals surface area contributed by atoms with E-state index in [9.17, 15) is 5.11 Å². The lowest BCUT2D eigenvalue weighted by molar-refractivity contribution is 0.0679. The summed E-state index contributed by atoms with van der Waals surface area (Å²) in [4.78, 5) is 2.59. The number of aliphatic hydroxyl groups excluding tert-OH is 1. The molecule has 0 radical (unpaired) electrons. The molecule has 3 heteroatoms. The molecule has 1 aromatic carbocycles. The van der Waals surface area contributed by atoms with Gasteiger partial charge in [0.25, 0.3) is 0 Å². The van der Waals surface area contributed by atoms with E-state index in [1.165, 1.54) is 18.4 Å². The maximum absolute atomic E-state index is 10.1. The van der Waals surface area contributed by atoms with Gasteiger partial charge in [-0.3, -0.25) is 4.90 Å². The summed E-state index contributed by atoms with van der Waals surface area (Å²) in [6.07, 6.45) is 4.63. The molecule has 0 saturated carbocycles. The summed E-state index contributed by atoms with van der Waals surface area (Å²) >= 11 is 0. The molecule has 2 saturated heterocycles. The fraction of sp³-hybridized carbons (Fsp3) is 0.647. The summed E-state index contributed by atoms with van der Waals surface area (Å²) in [5.41, 5.74) is 1.40. The minimum absolute atomic E-state index is 0.0536. The van der Waals surface area contributed by atoms with Gasteiger partial charge in [-0.05, 0) is 31.2 Å². The minimum atomic E-state index is 0.0536. The minimum Gasteiger partial charge on any atom is -0.396 e. The normalized spacial score (nSPS) is 32.9. The molecule has 3 rings (SSSR count). The van der Waals surface area contributed by atoms with E-state index >= 15 is 0 Å². The first-order valence-corrected chi connectivity index (χ1v) is 7.68. The molecule has 2 aliphatic rings. The van der Waals surface area contributed by atoms with Gasteiger partial charge in [0.15, 0.2) is 0 Å². The molecule has 3 nitrogen and oxygen atoms in total. The highest BCUT2D eigenvalue weighted by Gasteiger charge is 2.54. The number of fused-ring (bicyclic) bond motifs is 2. The van der Waals surface area contributed by atoms with E-state index in [2.05, 4.69) is 35.2 Å². The van der Waals surface area contributed by atoms with Gasteiger partial charge in [-0.15, -0.1) is 0 Å². The monoisotopic (exact) mass is 275 g/mol. The van der Waals surface area contributed by atoms with Gasteiger partial charge in [-0.1, -0.05) is 30.3 Å². The summed E-state index contributed by atoms with van der Waals surface area (Å²) in [6.45, 7) is 2.09. The first-order chi connectivity index (χ1) is 9.79. The molecular formula is C17H25NO2. The van der Waals surface area contributed by atoms with Crippen molar-refractivity contribution in [1.29, 1.82) is 0 Å². The first kappa shape index (κ1) is 14.1. The third-order valence-electron chi connectivity index (χ3n) is 5.26.